The highest BCUT2D eigenvalue weighted by molar-refractivity contribution is 5.94. The van der Waals surface area contributed by atoms with Crippen molar-refractivity contribution >= 4 is 5.91 Å². The van der Waals surface area contributed by atoms with Crippen LogP contribution in [0.3, 0.4) is 0 Å². The average molecular weight is 246 g/mol. The molecule has 94 valence electrons. The summed E-state index contributed by atoms with van der Waals surface area (Å²) < 4.78 is 39.0. The molecular weight excluding hydrogens is 233 g/mol. The van der Waals surface area contributed by atoms with E-state index < -0.39 is 28.9 Å². The topological polar surface area (TPSA) is 46.3 Å². The summed E-state index contributed by atoms with van der Waals surface area (Å²) in [5.74, 6) is -5.12. The third-order valence-corrected chi connectivity index (χ3v) is 2.33. The van der Waals surface area contributed by atoms with E-state index in [0.717, 1.165) is 12.1 Å². The van der Waals surface area contributed by atoms with Gasteiger partial charge in [0.05, 0.1) is 5.56 Å². The summed E-state index contributed by atoms with van der Waals surface area (Å²) in [4.78, 5) is 13.1. The molecule has 0 aliphatic heterocycles. The van der Waals surface area contributed by atoms with Crippen LogP contribution in [-0.4, -0.2) is 30.4 Å². The SMILES string of the molecule is CCN(CCN)C(=O)c1ccc(F)c(F)c1F. The number of carbonyl (C=O) groups excluding carboxylic acids is 1. The van der Waals surface area contributed by atoms with E-state index in [2.05, 4.69) is 0 Å². The largest absolute Gasteiger partial charge is 0.338 e. The smallest absolute Gasteiger partial charge is 0.256 e. The zero-order chi connectivity index (χ0) is 13.0. The maximum atomic E-state index is 13.4. The van der Waals surface area contributed by atoms with Crippen molar-refractivity contribution in [3.8, 4) is 0 Å². The number of hydrogen-bond donors (Lipinski definition) is 1. The first-order valence-electron chi connectivity index (χ1n) is 5.15. The molecule has 3 nitrogen and oxygen atoms in total. The van der Waals surface area contributed by atoms with Gasteiger partial charge in [0.1, 0.15) is 0 Å². The van der Waals surface area contributed by atoms with Gasteiger partial charge in [0.2, 0.25) is 0 Å². The summed E-state index contributed by atoms with van der Waals surface area (Å²) in [7, 11) is 0. The molecule has 1 amide bonds. The third kappa shape index (κ3) is 2.76. The van der Waals surface area contributed by atoms with Gasteiger partial charge in [-0.1, -0.05) is 0 Å². The minimum atomic E-state index is -1.64. The van der Waals surface area contributed by atoms with E-state index in [1.807, 2.05) is 0 Å². The van der Waals surface area contributed by atoms with Crippen molar-refractivity contribution in [2.45, 2.75) is 6.92 Å². The van der Waals surface area contributed by atoms with Gasteiger partial charge >= 0.3 is 0 Å². The Morgan fingerprint density at radius 2 is 1.94 bits per heavy atom. The number of likely N-dealkylation sites (N-methyl/N-ethyl adjacent to an activating group) is 1. The fraction of sp³-hybridized carbons (Fsp3) is 0.364. The van der Waals surface area contributed by atoms with E-state index in [4.69, 9.17) is 5.73 Å². The predicted molar refractivity (Wildman–Crippen MR) is 56.9 cm³/mol. The molecule has 0 spiro atoms. The van der Waals surface area contributed by atoms with Crippen molar-refractivity contribution in [3.63, 3.8) is 0 Å². The van der Waals surface area contributed by atoms with Gasteiger partial charge in [-0.05, 0) is 19.1 Å². The molecular formula is C11H13F3N2O. The van der Waals surface area contributed by atoms with Crippen molar-refractivity contribution in [1.29, 1.82) is 0 Å². The number of halogens is 3. The zero-order valence-electron chi connectivity index (χ0n) is 9.34. The molecule has 0 saturated heterocycles. The van der Waals surface area contributed by atoms with Crippen LogP contribution in [-0.2, 0) is 0 Å². The molecule has 0 heterocycles. The minimum Gasteiger partial charge on any atom is -0.338 e. The Kier molecular flexibility index (Phi) is 4.51. The van der Waals surface area contributed by atoms with Gasteiger partial charge in [-0.15, -0.1) is 0 Å². The highest BCUT2D eigenvalue weighted by atomic mass is 19.2. The third-order valence-electron chi connectivity index (χ3n) is 2.33. The molecule has 0 fully saturated rings. The fourth-order valence-corrected chi connectivity index (χ4v) is 1.42. The first-order valence-corrected chi connectivity index (χ1v) is 5.15. The van der Waals surface area contributed by atoms with Gasteiger partial charge in [-0.3, -0.25) is 4.79 Å². The maximum absolute atomic E-state index is 13.4. The summed E-state index contributed by atoms with van der Waals surface area (Å²) in [6, 6.07) is 1.65. The van der Waals surface area contributed by atoms with E-state index in [1.54, 1.807) is 6.92 Å². The van der Waals surface area contributed by atoms with Gasteiger partial charge in [0.15, 0.2) is 17.5 Å². The van der Waals surface area contributed by atoms with Crippen LogP contribution in [0.1, 0.15) is 17.3 Å². The summed E-state index contributed by atoms with van der Waals surface area (Å²) in [6.45, 7) is 2.44. The second-order valence-corrected chi connectivity index (χ2v) is 3.40. The van der Waals surface area contributed by atoms with Crippen molar-refractivity contribution in [1.82, 2.24) is 4.90 Å². The van der Waals surface area contributed by atoms with Crippen LogP contribution in [0.5, 0.6) is 0 Å². The highest BCUT2D eigenvalue weighted by Crippen LogP contribution is 2.16. The quantitative estimate of drug-likeness (QED) is 0.819. The molecule has 17 heavy (non-hydrogen) atoms. The number of nitrogens with two attached hydrogens (primary N) is 1. The van der Waals surface area contributed by atoms with Crippen LogP contribution in [0.2, 0.25) is 0 Å². The van der Waals surface area contributed by atoms with E-state index in [0.29, 0.717) is 6.54 Å². The second kappa shape index (κ2) is 5.67. The molecule has 0 aromatic heterocycles. The van der Waals surface area contributed by atoms with Crippen LogP contribution in [0.25, 0.3) is 0 Å². The zero-order valence-corrected chi connectivity index (χ0v) is 9.34. The number of benzene rings is 1. The monoisotopic (exact) mass is 246 g/mol. The maximum Gasteiger partial charge on any atom is 0.256 e. The summed E-state index contributed by atoms with van der Waals surface area (Å²) >= 11 is 0. The number of amides is 1. The lowest BCUT2D eigenvalue weighted by Crippen LogP contribution is -2.35. The molecule has 0 saturated carbocycles. The lowest BCUT2D eigenvalue weighted by atomic mass is 10.1. The van der Waals surface area contributed by atoms with Gasteiger partial charge in [0.25, 0.3) is 5.91 Å². The molecule has 0 radical (unpaired) electrons. The van der Waals surface area contributed by atoms with E-state index >= 15 is 0 Å². The Bertz CT molecular complexity index is 423. The van der Waals surface area contributed by atoms with Crippen molar-refractivity contribution in [2.24, 2.45) is 5.73 Å². The molecule has 0 unspecified atom stereocenters. The predicted octanol–water partition coefficient (Wildman–Crippen LogP) is 1.52. The first kappa shape index (κ1) is 13.5. The summed E-state index contributed by atoms with van der Waals surface area (Å²) in [5.41, 5.74) is 4.80. The van der Waals surface area contributed by atoms with Crippen LogP contribution in [0.4, 0.5) is 13.2 Å². The fourth-order valence-electron chi connectivity index (χ4n) is 1.42. The summed E-state index contributed by atoms with van der Waals surface area (Å²) in [5, 5.41) is 0. The Labute approximate surface area is 97.0 Å². The van der Waals surface area contributed by atoms with Crippen molar-refractivity contribution in [3.05, 3.63) is 35.1 Å². The van der Waals surface area contributed by atoms with Crippen LogP contribution < -0.4 is 5.73 Å². The molecule has 0 aliphatic carbocycles. The van der Waals surface area contributed by atoms with Crippen molar-refractivity contribution in [2.75, 3.05) is 19.6 Å². The highest BCUT2D eigenvalue weighted by Gasteiger charge is 2.21. The van der Waals surface area contributed by atoms with Gasteiger partial charge < -0.3 is 10.6 Å². The second-order valence-electron chi connectivity index (χ2n) is 3.40. The minimum absolute atomic E-state index is 0.213. The standard InChI is InChI=1S/C11H13F3N2O/c1-2-16(6-5-15)11(17)7-3-4-8(12)10(14)9(7)13/h3-4H,2,5-6,15H2,1H3. The number of hydrogen-bond acceptors (Lipinski definition) is 2. The lowest BCUT2D eigenvalue weighted by molar-refractivity contribution is 0.0763. The summed E-state index contributed by atoms with van der Waals surface area (Å²) in [6.07, 6.45) is 0. The van der Waals surface area contributed by atoms with E-state index in [1.165, 1.54) is 4.90 Å². The Balaban J connectivity index is 3.08. The van der Waals surface area contributed by atoms with Crippen LogP contribution in [0, 0.1) is 17.5 Å². The van der Waals surface area contributed by atoms with Crippen LogP contribution >= 0.6 is 0 Å². The average Bonchev–Trinajstić information content (AvgIpc) is 2.32. The molecule has 1 aromatic carbocycles. The Morgan fingerprint density at radius 3 is 2.47 bits per heavy atom. The molecule has 0 atom stereocenters. The molecule has 6 heteroatoms. The molecule has 1 rings (SSSR count). The molecule has 2 N–H and O–H groups in total. The van der Waals surface area contributed by atoms with Gasteiger partial charge in [0, 0.05) is 19.6 Å². The number of rotatable bonds is 4. The van der Waals surface area contributed by atoms with Crippen LogP contribution in [0.15, 0.2) is 12.1 Å². The Morgan fingerprint density at radius 1 is 1.29 bits per heavy atom. The van der Waals surface area contributed by atoms with E-state index in [9.17, 15) is 18.0 Å². The number of nitrogens with zero attached hydrogens (tertiary/aromatic N) is 1. The van der Waals surface area contributed by atoms with E-state index in [-0.39, 0.29) is 13.1 Å². The molecule has 0 bridgehead atoms. The van der Waals surface area contributed by atoms with Crippen molar-refractivity contribution < 1.29 is 18.0 Å². The number of carbonyl (C=O) groups is 1. The lowest BCUT2D eigenvalue weighted by Gasteiger charge is -2.20. The molecule has 1 aromatic rings. The Hall–Kier alpha value is -1.56. The first-order chi connectivity index (χ1) is 8.02. The van der Waals surface area contributed by atoms with Gasteiger partial charge in [-0.25, -0.2) is 13.2 Å². The normalized spacial score (nSPS) is 10.4. The molecule has 0 aliphatic rings. The van der Waals surface area contributed by atoms with Gasteiger partial charge in [-0.2, -0.15) is 0 Å².